The highest BCUT2D eigenvalue weighted by Gasteiger charge is 2.30. The Hall–Kier alpha value is -1.10. The van der Waals surface area contributed by atoms with Crippen LogP contribution < -0.4 is 5.32 Å². The third-order valence-corrected chi connectivity index (χ3v) is 1.95. The molecule has 0 radical (unpaired) electrons. The zero-order chi connectivity index (χ0) is 12.1. The lowest BCUT2D eigenvalue weighted by molar-refractivity contribution is -0.138. The van der Waals surface area contributed by atoms with Crippen molar-refractivity contribution >= 4 is 11.8 Å². The van der Waals surface area contributed by atoms with E-state index in [1.165, 1.54) is 4.90 Å². The summed E-state index contributed by atoms with van der Waals surface area (Å²) in [5.41, 5.74) is -0.893. The first-order valence-electron chi connectivity index (χ1n) is 4.95. The molecule has 0 aliphatic carbocycles. The molecule has 5 nitrogen and oxygen atoms in total. The molecular weight excluding hydrogens is 196 g/mol. The first-order chi connectivity index (χ1) is 6.81. The van der Waals surface area contributed by atoms with Crippen molar-refractivity contribution in [2.24, 2.45) is 0 Å². The standard InChI is InChI=1S/C10H20N2O3/c1-10(2,9(15)12(3)4)11-8(14)6-5-7-13/h13H,5-7H2,1-4H3,(H,11,14). The average molecular weight is 216 g/mol. The Morgan fingerprint density at radius 1 is 1.33 bits per heavy atom. The van der Waals surface area contributed by atoms with Crippen molar-refractivity contribution in [2.75, 3.05) is 20.7 Å². The van der Waals surface area contributed by atoms with Crippen LogP contribution in [0.5, 0.6) is 0 Å². The number of aliphatic hydroxyl groups is 1. The molecule has 0 aromatic heterocycles. The number of likely N-dealkylation sites (N-methyl/N-ethyl adjacent to an activating group) is 1. The van der Waals surface area contributed by atoms with Gasteiger partial charge in [-0.05, 0) is 20.3 Å². The Balaban J connectivity index is 4.24. The monoisotopic (exact) mass is 216 g/mol. The van der Waals surface area contributed by atoms with E-state index in [-0.39, 0.29) is 24.8 Å². The van der Waals surface area contributed by atoms with Crippen LogP contribution in [0.4, 0.5) is 0 Å². The van der Waals surface area contributed by atoms with Crippen molar-refractivity contribution in [3.05, 3.63) is 0 Å². The summed E-state index contributed by atoms with van der Waals surface area (Å²) in [6.45, 7) is 3.30. The Kier molecular flexibility index (Phi) is 5.28. The SMILES string of the molecule is CN(C)C(=O)C(C)(C)NC(=O)CCCO. The van der Waals surface area contributed by atoms with Crippen molar-refractivity contribution in [1.82, 2.24) is 10.2 Å². The smallest absolute Gasteiger partial charge is 0.247 e. The van der Waals surface area contributed by atoms with E-state index in [0.29, 0.717) is 6.42 Å². The Morgan fingerprint density at radius 3 is 2.27 bits per heavy atom. The van der Waals surface area contributed by atoms with Crippen LogP contribution in [0.2, 0.25) is 0 Å². The summed E-state index contributed by atoms with van der Waals surface area (Å²) in [4.78, 5) is 24.4. The van der Waals surface area contributed by atoms with Gasteiger partial charge in [0, 0.05) is 27.1 Å². The van der Waals surface area contributed by atoms with Crippen LogP contribution >= 0.6 is 0 Å². The molecule has 15 heavy (non-hydrogen) atoms. The Bertz CT molecular complexity index is 237. The summed E-state index contributed by atoms with van der Waals surface area (Å²) in [6, 6.07) is 0. The molecule has 0 unspecified atom stereocenters. The van der Waals surface area contributed by atoms with Gasteiger partial charge in [0.25, 0.3) is 0 Å². The lowest BCUT2D eigenvalue weighted by Gasteiger charge is -2.28. The summed E-state index contributed by atoms with van der Waals surface area (Å²) in [6.07, 6.45) is 0.651. The zero-order valence-corrected chi connectivity index (χ0v) is 9.83. The molecule has 88 valence electrons. The second-order valence-electron chi connectivity index (χ2n) is 4.20. The van der Waals surface area contributed by atoms with Gasteiger partial charge in [0.05, 0.1) is 0 Å². The lowest BCUT2D eigenvalue weighted by Crippen LogP contribution is -2.54. The van der Waals surface area contributed by atoms with Crippen LogP contribution in [0.15, 0.2) is 0 Å². The molecule has 0 rings (SSSR count). The molecule has 0 atom stereocenters. The van der Waals surface area contributed by atoms with Crippen molar-refractivity contribution in [3.8, 4) is 0 Å². The van der Waals surface area contributed by atoms with Crippen LogP contribution in [0, 0.1) is 0 Å². The van der Waals surface area contributed by atoms with Gasteiger partial charge in [0.1, 0.15) is 5.54 Å². The number of nitrogens with zero attached hydrogens (tertiary/aromatic N) is 1. The molecule has 0 spiro atoms. The molecule has 0 fully saturated rings. The first-order valence-corrected chi connectivity index (χ1v) is 4.95. The Labute approximate surface area is 90.5 Å². The first kappa shape index (κ1) is 13.9. The number of amides is 2. The molecule has 2 N–H and O–H groups in total. The van der Waals surface area contributed by atoms with Crippen LogP contribution in [-0.4, -0.2) is 48.1 Å². The van der Waals surface area contributed by atoms with Gasteiger partial charge in [-0.15, -0.1) is 0 Å². The number of aliphatic hydroxyl groups excluding tert-OH is 1. The summed E-state index contributed by atoms with van der Waals surface area (Å²) >= 11 is 0. The highest BCUT2D eigenvalue weighted by molar-refractivity contribution is 5.90. The number of nitrogens with one attached hydrogen (secondary N) is 1. The number of rotatable bonds is 5. The maximum Gasteiger partial charge on any atom is 0.247 e. The maximum absolute atomic E-state index is 11.6. The number of carbonyl (C=O) groups is 2. The normalized spacial score (nSPS) is 11.0. The van der Waals surface area contributed by atoms with Crippen molar-refractivity contribution in [1.29, 1.82) is 0 Å². The summed E-state index contributed by atoms with van der Waals surface area (Å²) in [5, 5.41) is 11.2. The van der Waals surface area contributed by atoms with Gasteiger partial charge in [0.15, 0.2) is 0 Å². The van der Waals surface area contributed by atoms with E-state index in [1.807, 2.05) is 0 Å². The molecule has 2 amide bonds. The minimum absolute atomic E-state index is 0.0184. The predicted molar refractivity (Wildman–Crippen MR) is 57.2 cm³/mol. The largest absolute Gasteiger partial charge is 0.396 e. The van der Waals surface area contributed by atoms with Gasteiger partial charge in [-0.1, -0.05) is 0 Å². The predicted octanol–water partition coefficient (Wildman–Crippen LogP) is -0.258. The second-order valence-corrected chi connectivity index (χ2v) is 4.20. The molecule has 0 aromatic rings. The molecule has 0 saturated heterocycles. The molecular formula is C10H20N2O3. The molecule has 0 aromatic carbocycles. The quantitative estimate of drug-likeness (QED) is 0.665. The zero-order valence-electron chi connectivity index (χ0n) is 9.83. The van der Waals surface area contributed by atoms with E-state index >= 15 is 0 Å². The fourth-order valence-corrected chi connectivity index (χ4v) is 1.26. The van der Waals surface area contributed by atoms with Crippen molar-refractivity contribution in [2.45, 2.75) is 32.2 Å². The van der Waals surface area contributed by atoms with Crippen LogP contribution in [0.1, 0.15) is 26.7 Å². The van der Waals surface area contributed by atoms with Crippen LogP contribution in [0.25, 0.3) is 0 Å². The fraction of sp³-hybridized carbons (Fsp3) is 0.800. The van der Waals surface area contributed by atoms with Gasteiger partial charge in [0.2, 0.25) is 11.8 Å². The van der Waals surface area contributed by atoms with Crippen LogP contribution in [0.3, 0.4) is 0 Å². The molecule has 0 aliphatic heterocycles. The third kappa shape index (κ3) is 4.78. The van der Waals surface area contributed by atoms with E-state index in [9.17, 15) is 9.59 Å². The molecule has 5 heteroatoms. The summed E-state index contributed by atoms with van der Waals surface area (Å²) in [5.74, 6) is -0.371. The summed E-state index contributed by atoms with van der Waals surface area (Å²) < 4.78 is 0. The highest BCUT2D eigenvalue weighted by Crippen LogP contribution is 2.06. The van der Waals surface area contributed by atoms with Crippen molar-refractivity contribution < 1.29 is 14.7 Å². The van der Waals surface area contributed by atoms with E-state index in [0.717, 1.165) is 0 Å². The van der Waals surface area contributed by atoms with Crippen molar-refractivity contribution in [3.63, 3.8) is 0 Å². The third-order valence-electron chi connectivity index (χ3n) is 1.95. The van der Waals surface area contributed by atoms with Gasteiger partial charge in [-0.25, -0.2) is 0 Å². The lowest BCUT2D eigenvalue weighted by atomic mass is 10.0. The van der Waals surface area contributed by atoms with Gasteiger partial charge >= 0.3 is 0 Å². The van der Waals surface area contributed by atoms with Gasteiger partial charge < -0.3 is 15.3 Å². The summed E-state index contributed by atoms with van der Waals surface area (Å²) in [7, 11) is 3.29. The molecule has 0 heterocycles. The minimum atomic E-state index is -0.893. The molecule has 0 aliphatic rings. The molecule has 0 bridgehead atoms. The van der Waals surface area contributed by atoms with Gasteiger partial charge in [-0.2, -0.15) is 0 Å². The topological polar surface area (TPSA) is 69.6 Å². The molecule has 0 saturated carbocycles. The number of hydrogen-bond acceptors (Lipinski definition) is 3. The van der Waals surface area contributed by atoms with E-state index < -0.39 is 5.54 Å². The van der Waals surface area contributed by atoms with Crippen LogP contribution in [-0.2, 0) is 9.59 Å². The van der Waals surface area contributed by atoms with E-state index in [4.69, 9.17) is 5.11 Å². The van der Waals surface area contributed by atoms with E-state index in [2.05, 4.69) is 5.32 Å². The second kappa shape index (κ2) is 5.70. The Morgan fingerprint density at radius 2 is 1.87 bits per heavy atom. The highest BCUT2D eigenvalue weighted by atomic mass is 16.3. The van der Waals surface area contributed by atoms with Gasteiger partial charge in [-0.3, -0.25) is 9.59 Å². The number of carbonyl (C=O) groups excluding carboxylic acids is 2. The minimum Gasteiger partial charge on any atom is -0.396 e. The number of hydrogen-bond donors (Lipinski definition) is 2. The average Bonchev–Trinajstić information content (AvgIpc) is 2.12. The maximum atomic E-state index is 11.6. The van der Waals surface area contributed by atoms with E-state index in [1.54, 1.807) is 27.9 Å². The fourth-order valence-electron chi connectivity index (χ4n) is 1.26.